The van der Waals surface area contributed by atoms with E-state index >= 15 is 0 Å². The predicted molar refractivity (Wildman–Crippen MR) is 97.6 cm³/mol. The van der Waals surface area contributed by atoms with Crippen LogP contribution in [0.4, 0.5) is 5.82 Å². The molecule has 1 saturated heterocycles. The Balaban J connectivity index is 1.75. The molecule has 0 N–H and O–H groups in total. The second kappa shape index (κ2) is 7.55. The molecular formula is C18H23N5O3. The maximum atomic E-state index is 12.8. The number of ether oxygens (including phenoxy) is 1. The number of carbonyl (C=O) groups is 1. The van der Waals surface area contributed by atoms with Gasteiger partial charge in [-0.2, -0.15) is 0 Å². The minimum atomic E-state index is -0.288. The highest BCUT2D eigenvalue weighted by Gasteiger charge is 2.28. The van der Waals surface area contributed by atoms with Crippen LogP contribution in [0.15, 0.2) is 35.5 Å². The van der Waals surface area contributed by atoms with Crippen molar-refractivity contribution in [3.8, 4) is 5.88 Å². The molecule has 1 aliphatic rings. The van der Waals surface area contributed by atoms with E-state index in [0.717, 1.165) is 12.8 Å². The van der Waals surface area contributed by atoms with Gasteiger partial charge in [0.25, 0.3) is 17.3 Å². The summed E-state index contributed by atoms with van der Waals surface area (Å²) in [5, 5.41) is 0. The van der Waals surface area contributed by atoms with Crippen molar-refractivity contribution in [3.05, 3.63) is 46.6 Å². The minimum absolute atomic E-state index is 0.184. The lowest BCUT2D eigenvalue weighted by Crippen LogP contribution is -2.46. The second-order valence-electron chi connectivity index (χ2n) is 6.55. The molecule has 0 aliphatic carbocycles. The fourth-order valence-corrected chi connectivity index (χ4v) is 3.01. The summed E-state index contributed by atoms with van der Waals surface area (Å²) in [7, 11) is 5.38. The first-order chi connectivity index (χ1) is 12.5. The van der Waals surface area contributed by atoms with Crippen LogP contribution in [0.5, 0.6) is 5.88 Å². The van der Waals surface area contributed by atoms with Crippen LogP contribution in [0.25, 0.3) is 0 Å². The van der Waals surface area contributed by atoms with Crippen LogP contribution < -0.4 is 15.2 Å². The SMILES string of the molecule is CN(C)c1nccnc1O[C@H]1CCCN(C(=O)c2cccn(C)c2=O)C1. The van der Waals surface area contributed by atoms with Crippen LogP contribution in [0.3, 0.4) is 0 Å². The van der Waals surface area contributed by atoms with Gasteiger partial charge < -0.3 is 19.1 Å². The number of rotatable bonds is 4. The Labute approximate surface area is 152 Å². The highest BCUT2D eigenvalue weighted by atomic mass is 16.5. The van der Waals surface area contributed by atoms with Crippen molar-refractivity contribution < 1.29 is 9.53 Å². The normalized spacial score (nSPS) is 17.0. The maximum absolute atomic E-state index is 12.8. The molecule has 0 saturated carbocycles. The second-order valence-corrected chi connectivity index (χ2v) is 6.55. The molecule has 0 unspecified atom stereocenters. The number of pyridine rings is 1. The molecule has 0 bridgehead atoms. The van der Waals surface area contributed by atoms with E-state index in [0.29, 0.717) is 24.8 Å². The first-order valence-electron chi connectivity index (χ1n) is 8.57. The summed E-state index contributed by atoms with van der Waals surface area (Å²) in [6.07, 6.45) is 6.28. The summed E-state index contributed by atoms with van der Waals surface area (Å²) in [4.78, 5) is 37.0. The van der Waals surface area contributed by atoms with Gasteiger partial charge in [0.2, 0.25) is 0 Å². The van der Waals surface area contributed by atoms with E-state index in [2.05, 4.69) is 9.97 Å². The van der Waals surface area contributed by atoms with Crippen LogP contribution in [-0.4, -0.2) is 58.6 Å². The Kier molecular flexibility index (Phi) is 5.20. The van der Waals surface area contributed by atoms with Crippen molar-refractivity contribution >= 4 is 11.7 Å². The third-order valence-electron chi connectivity index (χ3n) is 4.37. The summed E-state index contributed by atoms with van der Waals surface area (Å²) < 4.78 is 7.44. The number of likely N-dealkylation sites (tertiary alicyclic amines) is 1. The van der Waals surface area contributed by atoms with Crippen LogP contribution in [0, 0.1) is 0 Å². The zero-order chi connectivity index (χ0) is 18.7. The van der Waals surface area contributed by atoms with Crippen LogP contribution >= 0.6 is 0 Å². The van der Waals surface area contributed by atoms with E-state index in [4.69, 9.17) is 4.74 Å². The van der Waals surface area contributed by atoms with E-state index in [1.807, 2.05) is 19.0 Å². The summed E-state index contributed by atoms with van der Waals surface area (Å²) >= 11 is 0. The molecule has 1 aliphatic heterocycles. The number of aryl methyl sites for hydroxylation is 1. The molecule has 0 spiro atoms. The molecule has 138 valence electrons. The molecule has 0 aromatic carbocycles. The quantitative estimate of drug-likeness (QED) is 0.810. The van der Waals surface area contributed by atoms with Gasteiger partial charge in [-0.1, -0.05) is 0 Å². The van der Waals surface area contributed by atoms with Gasteiger partial charge in [-0.05, 0) is 25.0 Å². The lowest BCUT2D eigenvalue weighted by molar-refractivity contribution is 0.0526. The van der Waals surface area contributed by atoms with Crippen molar-refractivity contribution in [2.75, 3.05) is 32.1 Å². The fraction of sp³-hybridized carbons (Fsp3) is 0.444. The summed E-state index contributed by atoms with van der Waals surface area (Å²) in [6, 6.07) is 3.28. The number of amides is 1. The smallest absolute Gasteiger partial charge is 0.263 e. The summed E-state index contributed by atoms with van der Waals surface area (Å²) in [5.41, 5.74) is -0.103. The number of hydrogen-bond acceptors (Lipinski definition) is 6. The van der Waals surface area contributed by atoms with Crippen molar-refractivity contribution in [2.24, 2.45) is 7.05 Å². The zero-order valence-corrected chi connectivity index (χ0v) is 15.3. The van der Waals surface area contributed by atoms with Gasteiger partial charge in [-0.3, -0.25) is 9.59 Å². The number of anilines is 1. The Morgan fingerprint density at radius 1 is 1.31 bits per heavy atom. The first-order valence-corrected chi connectivity index (χ1v) is 8.57. The molecular weight excluding hydrogens is 334 g/mol. The van der Waals surface area contributed by atoms with Gasteiger partial charge in [-0.15, -0.1) is 0 Å². The van der Waals surface area contributed by atoms with Gasteiger partial charge in [0.05, 0.1) is 6.54 Å². The number of nitrogens with zero attached hydrogens (tertiary/aromatic N) is 5. The van der Waals surface area contributed by atoms with E-state index < -0.39 is 0 Å². The molecule has 1 atom stereocenters. The standard InChI is InChI=1S/C18H23N5O3/c1-21(2)15-16(20-9-8-19-15)26-13-6-4-11-23(12-13)18(25)14-7-5-10-22(3)17(14)24/h5,7-10,13H,4,6,11-12H2,1-3H3/t13-/m0/s1. The Hall–Kier alpha value is -2.90. The maximum Gasteiger partial charge on any atom is 0.263 e. The summed E-state index contributed by atoms with van der Waals surface area (Å²) in [5.74, 6) is 0.840. The molecule has 0 radical (unpaired) electrons. The predicted octanol–water partition coefficient (Wildman–Crippen LogP) is 0.925. The average Bonchev–Trinajstić information content (AvgIpc) is 2.64. The summed E-state index contributed by atoms with van der Waals surface area (Å²) in [6.45, 7) is 1.03. The topological polar surface area (TPSA) is 80.6 Å². The van der Waals surface area contributed by atoms with Crippen LogP contribution in [-0.2, 0) is 7.05 Å². The molecule has 2 aromatic heterocycles. The lowest BCUT2D eigenvalue weighted by Gasteiger charge is -2.33. The van der Waals surface area contributed by atoms with Crippen molar-refractivity contribution in [3.63, 3.8) is 0 Å². The zero-order valence-electron chi connectivity index (χ0n) is 15.3. The van der Waals surface area contributed by atoms with E-state index in [-0.39, 0.29) is 23.1 Å². The van der Waals surface area contributed by atoms with Crippen LogP contribution in [0.2, 0.25) is 0 Å². The van der Waals surface area contributed by atoms with Crippen molar-refractivity contribution in [1.82, 2.24) is 19.4 Å². The Bertz CT molecular complexity index is 849. The monoisotopic (exact) mass is 357 g/mol. The molecule has 26 heavy (non-hydrogen) atoms. The minimum Gasteiger partial charge on any atom is -0.470 e. The lowest BCUT2D eigenvalue weighted by atomic mass is 10.1. The molecule has 8 heteroatoms. The van der Waals surface area contributed by atoms with E-state index in [1.54, 1.807) is 42.7 Å². The van der Waals surface area contributed by atoms with E-state index in [1.165, 1.54) is 4.57 Å². The van der Waals surface area contributed by atoms with E-state index in [9.17, 15) is 9.59 Å². The number of piperidine rings is 1. The van der Waals surface area contributed by atoms with Gasteiger partial charge in [0.1, 0.15) is 11.7 Å². The van der Waals surface area contributed by atoms with Gasteiger partial charge >= 0.3 is 0 Å². The highest BCUT2D eigenvalue weighted by Crippen LogP contribution is 2.24. The number of carbonyl (C=O) groups excluding carboxylic acids is 1. The van der Waals surface area contributed by atoms with Gasteiger partial charge in [-0.25, -0.2) is 9.97 Å². The third-order valence-corrected chi connectivity index (χ3v) is 4.37. The molecule has 1 fully saturated rings. The molecule has 3 heterocycles. The van der Waals surface area contributed by atoms with Crippen LogP contribution in [0.1, 0.15) is 23.2 Å². The highest BCUT2D eigenvalue weighted by molar-refractivity contribution is 5.93. The fourth-order valence-electron chi connectivity index (χ4n) is 3.01. The van der Waals surface area contributed by atoms with Crippen molar-refractivity contribution in [2.45, 2.75) is 18.9 Å². The average molecular weight is 357 g/mol. The first kappa shape index (κ1) is 17.9. The molecule has 2 aromatic rings. The Morgan fingerprint density at radius 3 is 2.85 bits per heavy atom. The molecule has 8 nitrogen and oxygen atoms in total. The van der Waals surface area contributed by atoms with Gasteiger partial charge in [0, 0.05) is 46.3 Å². The molecule has 3 rings (SSSR count). The Morgan fingerprint density at radius 2 is 2.08 bits per heavy atom. The molecule has 1 amide bonds. The largest absolute Gasteiger partial charge is 0.470 e. The number of hydrogen-bond donors (Lipinski definition) is 0. The van der Waals surface area contributed by atoms with Crippen molar-refractivity contribution in [1.29, 1.82) is 0 Å². The van der Waals surface area contributed by atoms with Gasteiger partial charge in [0.15, 0.2) is 5.82 Å². The third kappa shape index (κ3) is 3.68. The number of aromatic nitrogens is 3.